The maximum atomic E-state index is 12.0. The predicted molar refractivity (Wildman–Crippen MR) is 62.9 cm³/mol. The van der Waals surface area contributed by atoms with Crippen LogP contribution in [0.5, 0.6) is 5.75 Å². The molecule has 104 valence electrons. The Morgan fingerprint density at radius 3 is 2.37 bits per heavy atom. The van der Waals surface area contributed by atoms with Gasteiger partial charge in [0.2, 0.25) is 5.91 Å². The number of hydrogen-bond acceptors (Lipinski definition) is 2. The second kappa shape index (κ2) is 5.28. The third-order valence-electron chi connectivity index (χ3n) is 2.56. The van der Waals surface area contributed by atoms with Crippen molar-refractivity contribution in [2.45, 2.75) is 30.6 Å². The lowest BCUT2D eigenvalue weighted by Crippen LogP contribution is -2.28. The minimum atomic E-state index is -4.73. The van der Waals surface area contributed by atoms with Gasteiger partial charge in [0, 0.05) is 6.04 Å². The van der Waals surface area contributed by atoms with Gasteiger partial charge in [0.25, 0.3) is 0 Å². The molecule has 1 aromatic rings. The zero-order valence-electron chi connectivity index (χ0n) is 9.71. The van der Waals surface area contributed by atoms with E-state index in [9.17, 15) is 18.0 Å². The molecule has 1 aromatic carbocycles. The molecular weight excluding hydrogens is 283 g/mol. The van der Waals surface area contributed by atoms with Crippen LogP contribution in [0.2, 0.25) is 0 Å². The summed E-state index contributed by atoms with van der Waals surface area (Å²) in [4.78, 5) is 11.7. The van der Waals surface area contributed by atoms with Crippen molar-refractivity contribution in [3.05, 3.63) is 29.8 Å². The van der Waals surface area contributed by atoms with E-state index in [-0.39, 0.29) is 17.7 Å². The number of carbonyl (C=O) groups is 1. The van der Waals surface area contributed by atoms with Gasteiger partial charge < -0.3 is 10.1 Å². The van der Waals surface area contributed by atoms with Crippen molar-refractivity contribution < 1.29 is 22.7 Å². The Balaban J connectivity index is 1.98. The second-order valence-corrected chi connectivity index (χ2v) is 4.70. The van der Waals surface area contributed by atoms with Gasteiger partial charge in [0.15, 0.2) is 0 Å². The molecule has 1 unspecified atom stereocenters. The molecule has 7 heteroatoms. The molecule has 0 aliphatic heterocycles. The fourth-order valence-corrected chi connectivity index (χ4v) is 1.70. The van der Waals surface area contributed by atoms with Gasteiger partial charge in [-0.25, -0.2) is 0 Å². The Bertz CT molecular complexity index is 457. The highest BCUT2D eigenvalue weighted by Crippen LogP contribution is 2.28. The average molecular weight is 294 g/mol. The third kappa shape index (κ3) is 4.31. The van der Waals surface area contributed by atoms with Crippen LogP contribution in [0.3, 0.4) is 0 Å². The SMILES string of the molecule is O=C(NC1CC1)C(Cl)c1ccc(OC(F)(F)F)cc1. The molecule has 1 saturated carbocycles. The summed E-state index contributed by atoms with van der Waals surface area (Å²) in [7, 11) is 0. The van der Waals surface area contributed by atoms with E-state index in [4.69, 9.17) is 11.6 Å². The van der Waals surface area contributed by atoms with Crippen LogP contribution in [0.4, 0.5) is 13.2 Å². The van der Waals surface area contributed by atoms with E-state index in [2.05, 4.69) is 10.1 Å². The molecule has 2 rings (SSSR count). The fourth-order valence-electron chi connectivity index (χ4n) is 1.49. The molecular formula is C12H11ClF3NO2. The number of halogens is 4. The average Bonchev–Trinajstić information content (AvgIpc) is 3.11. The monoisotopic (exact) mass is 293 g/mol. The molecule has 0 aromatic heterocycles. The quantitative estimate of drug-likeness (QED) is 0.866. The summed E-state index contributed by atoms with van der Waals surface area (Å²) < 4.78 is 39.6. The van der Waals surface area contributed by atoms with Crippen LogP contribution < -0.4 is 10.1 Å². The molecule has 1 aliphatic rings. The molecule has 1 amide bonds. The largest absolute Gasteiger partial charge is 0.573 e. The van der Waals surface area contributed by atoms with Crippen molar-refractivity contribution in [3.8, 4) is 5.75 Å². The van der Waals surface area contributed by atoms with Gasteiger partial charge in [0.05, 0.1) is 0 Å². The summed E-state index contributed by atoms with van der Waals surface area (Å²) in [6.07, 6.45) is -2.85. The van der Waals surface area contributed by atoms with E-state index in [1.54, 1.807) is 0 Å². The highest BCUT2D eigenvalue weighted by atomic mass is 35.5. The highest BCUT2D eigenvalue weighted by Gasteiger charge is 2.31. The van der Waals surface area contributed by atoms with Crippen LogP contribution in [0.25, 0.3) is 0 Å². The molecule has 0 heterocycles. The van der Waals surface area contributed by atoms with Crippen molar-refractivity contribution >= 4 is 17.5 Å². The number of ether oxygens (including phenoxy) is 1. The summed E-state index contributed by atoms with van der Waals surface area (Å²) in [6, 6.07) is 5.11. The molecule has 19 heavy (non-hydrogen) atoms. The first kappa shape index (κ1) is 14.0. The van der Waals surface area contributed by atoms with Crippen LogP contribution in [-0.4, -0.2) is 18.3 Å². The van der Waals surface area contributed by atoms with Gasteiger partial charge >= 0.3 is 6.36 Å². The Hall–Kier alpha value is -1.43. The first-order valence-corrected chi connectivity index (χ1v) is 6.09. The first-order valence-electron chi connectivity index (χ1n) is 5.65. The Labute approximate surface area is 112 Å². The summed E-state index contributed by atoms with van der Waals surface area (Å²) in [5.74, 6) is -0.684. The van der Waals surface area contributed by atoms with E-state index in [0.717, 1.165) is 25.0 Å². The van der Waals surface area contributed by atoms with Crippen LogP contribution >= 0.6 is 11.6 Å². The van der Waals surface area contributed by atoms with Gasteiger partial charge in [-0.05, 0) is 30.5 Å². The molecule has 0 radical (unpaired) electrons. The lowest BCUT2D eigenvalue weighted by molar-refractivity contribution is -0.274. The molecule has 0 spiro atoms. The molecule has 1 N–H and O–H groups in total. The topological polar surface area (TPSA) is 38.3 Å². The van der Waals surface area contributed by atoms with E-state index < -0.39 is 11.7 Å². The predicted octanol–water partition coefficient (Wildman–Crippen LogP) is 3.14. The van der Waals surface area contributed by atoms with Crippen LogP contribution in [-0.2, 0) is 4.79 Å². The number of amides is 1. The summed E-state index contributed by atoms with van der Waals surface area (Å²) in [6.45, 7) is 0. The lowest BCUT2D eigenvalue weighted by atomic mass is 10.1. The number of alkyl halides is 4. The Kier molecular flexibility index (Phi) is 3.89. The molecule has 1 fully saturated rings. The maximum absolute atomic E-state index is 12.0. The number of hydrogen-bond donors (Lipinski definition) is 1. The van der Waals surface area contributed by atoms with E-state index in [1.807, 2.05) is 0 Å². The molecule has 3 nitrogen and oxygen atoms in total. The minimum Gasteiger partial charge on any atom is -0.406 e. The van der Waals surface area contributed by atoms with Gasteiger partial charge in [-0.3, -0.25) is 4.79 Å². The highest BCUT2D eigenvalue weighted by molar-refractivity contribution is 6.30. The molecule has 1 aliphatic carbocycles. The van der Waals surface area contributed by atoms with E-state index >= 15 is 0 Å². The molecule has 1 atom stereocenters. The van der Waals surface area contributed by atoms with Crippen LogP contribution in [0.15, 0.2) is 24.3 Å². The maximum Gasteiger partial charge on any atom is 0.573 e. The third-order valence-corrected chi connectivity index (χ3v) is 3.01. The van der Waals surface area contributed by atoms with Crippen molar-refractivity contribution in [2.75, 3.05) is 0 Å². The van der Waals surface area contributed by atoms with Crippen molar-refractivity contribution in [2.24, 2.45) is 0 Å². The van der Waals surface area contributed by atoms with Gasteiger partial charge in [0.1, 0.15) is 11.1 Å². The fraction of sp³-hybridized carbons (Fsp3) is 0.417. The zero-order valence-corrected chi connectivity index (χ0v) is 10.5. The minimum absolute atomic E-state index is 0.182. The summed E-state index contributed by atoms with van der Waals surface area (Å²) in [5, 5.41) is 1.81. The normalized spacial score (nSPS) is 16.8. The van der Waals surface area contributed by atoms with E-state index in [0.29, 0.717) is 5.56 Å². The van der Waals surface area contributed by atoms with Crippen molar-refractivity contribution in [1.29, 1.82) is 0 Å². The number of benzene rings is 1. The van der Waals surface area contributed by atoms with E-state index in [1.165, 1.54) is 12.1 Å². The molecule has 0 saturated heterocycles. The first-order chi connectivity index (χ1) is 8.85. The zero-order chi connectivity index (χ0) is 14.0. The second-order valence-electron chi connectivity index (χ2n) is 4.26. The number of rotatable bonds is 4. The van der Waals surface area contributed by atoms with Gasteiger partial charge in [-0.1, -0.05) is 12.1 Å². The lowest BCUT2D eigenvalue weighted by Gasteiger charge is -2.12. The Morgan fingerprint density at radius 2 is 1.89 bits per heavy atom. The summed E-state index contributed by atoms with van der Waals surface area (Å²) >= 11 is 5.94. The number of carbonyl (C=O) groups excluding carboxylic acids is 1. The number of nitrogens with one attached hydrogen (secondary N) is 1. The Morgan fingerprint density at radius 1 is 1.32 bits per heavy atom. The van der Waals surface area contributed by atoms with Crippen LogP contribution in [0, 0.1) is 0 Å². The van der Waals surface area contributed by atoms with Gasteiger partial charge in [-0.15, -0.1) is 24.8 Å². The standard InChI is InChI=1S/C12H11ClF3NO2/c13-10(11(18)17-8-3-4-8)7-1-5-9(6-2-7)19-12(14,15)16/h1-2,5-6,8,10H,3-4H2,(H,17,18). The van der Waals surface area contributed by atoms with Crippen molar-refractivity contribution in [1.82, 2.24) is 5.32 Å². The van der Waals surface area contributed by atoms with Crippen molar-refractivity contribution in [3.63, 3.8) is 0 Å². The smallest absolute Gasteiger partial charge is 0.406 e. The van der Waals surface area contributed by atoms with Gasteiger partial charge in [-0.2, -0.15) is 0 Å². The summed E-state index contributed by atoms with van der Waals surface area (Å²) in [5.41, 5.74) is 0.425. The molecule has 0 bridgehead atoms. The van der Waals surface area contributed by atoms with Crippen LogP contribution in [0.1, 0.15) is 23.8 Å².